The molecule has 92 valence electrons. The van der Waals surface area contributed by atoms with Gasteiger partial charge in [-0.25, -0.2) is 8.42 Å². The zero-order valence-corrected chi connectivity index (χ0v) is 10.9. The molecule has 0 fully saturated rings. The maximum Gasteiger partial charge on any atom is 0.245 e. The molecule has 0 radical (unpaired) electrons. The molecule has 17 heavy (non-hydrogen) atoms. The van der Waals surface area contributed by atoms with Crippen molar-refractivity contribution in [1.29, 1.82) is 0 Å². The summed E-state index contributed by atoms with van der Waals surface area (Å²) >= 11 is 5.88. The van der Waals surface area contributed by atoms with Crippen LogP contribution in [0.1, 0.15) is 5.56 Å². The second kappa shape index (κ2) is 5.52. The maximum atomic E-state index is 12.1. The molecule has 0 aromatic heterocycles. The van der Waals surface area contributed by atoms with Crippen LogP contribution in [0.25, 0.3) is 0 Å². The van der Waals surface area contributed by atoms with E-state index in [-0.39, 0.29) is 23.0 Å². The molecule has 0 aliphatic heterocycles. The Morgan fingerprint density at radius 2 is 2.18 bits per heavy atom. The van der Waals surface area contributed by atoms with Gasteiger partial charge in [0.15, 0.2) is 0 Å². The highest BCUT2D eigenvalue weighted by atomic mass is 35.5. The van der Waals surface area contributed by atoms with Gasteiger partial charge in [0.2, 0.25) is 10.0 Å². The summed E-state index contributed by atoms with van der Waals surface area (Å²) in [5.74, 6) is 2.27. The van der Waals surface area contributed by atoms with E-state index in [0.29, 0.717) is 5.56 Å². The molecule has 0 heterocycles. The van der Waals surface area contributed by atoms with Crippen LogP contribution in [0.15, 0.2) is 23.1 Å². The predicted octanol–water partition coefficient (Wildman–Crippen LogP) is 1.05. The van der Waals surface area contributed by atoms with Gasteiger partial charge in [-0.05, 0) is 17.7 Å². The number of hydrogen-bond donors (Lipinski definition) is 1. The third-order valence-electron chi connectivity index (χ3n) is 2.23. The minimum Gasteiger partial charge on any atom is -0.326 e. The van der Waals surface area contributed by atoms with Crippen molar-refractivity contribution in [1.82, 2.24) is 4.31 Å². The topological polar surface area (TPSA) is 63.4 Å². The third-order valence-corrected chi connectivity index (χ3v) is 4.52. The number of nitrogens with two attached hydrogens (primary N) is 1. The lowest BCUT2D eigenvalue weighted by molar-refractivity contribution is 0.503. The van der Waals surface area contributed by atoms with Crippen LogP contribution in [-0.4, -0.2) is 26.3 Å². The molecule has 1 aromatic rings. The summed E-state index contributed by atoms with van der Waals surface area (Å²) in [4.78, 5) is 0.0277. The van der Waals surface area contributed by atoms with Crippen molar-refractivity contribution >= 4 is 21.6 Å². The molecule has 1 rings (SSSR count). The zero-order valence-electron chi connectivity index (χ0n) is 9.35. The van der Waals surface area contributed by atoms with Gasteiger partial charge in [-0.3, -0.25) is 0 Å². The highest BCUT2D eigenvalue weighted by Crippen LogP contribution is 2.24. The molecular formula is C11H13ClN2O2S. The zero-order chi connectivity index (χ0) is 13.1. The second-order valence-electron chi connectivity index (χ2n) is 3.43. The number of halogens is 1. The Hall–Kier alpha value is -1.06. The lowest BCUT2D eigenvalue weighted by Gasteiger charge is -2.15. The van der Waals surface area contributed by atoms with Crippen LogP contribution >= 0.6 is 11.6 Å². The van der Waals surface area contributed by atoms with Crippen LogP contribution in [0, 0.1) is 12.3 Å². The average molecular weight is 273 g/mol. The summed E-state index contributed by atoms with van der Waals surface area (Å²) in [6.07, 6.45) is 5.09. The molecule has 0 saturated carbocycles. The van der Waals surface area contributed by atoms with Gasteiger partial charge in [0, 0.05) is 13.6 Å². The van der Waals surface area contributed by atoms with Gasteiger partial charge in [0.25, 0.3) is 0 Å². The normalized spacial score (nSPS) is 11.5. The average Bonchev–Trinajstić information content (AvgIpc) is 2.29. The molecular weight excluding hydrogens is 260 g/mol. The smallest absolute Gasteiger partial charge is 0.245 e. The number of rotatable bonds is 4. The molecule has 0 unspecified atom stereocenters. The van der Waals surface area contributed by atoms with Crippen LogP contribution in [0.4, 0.5) is 0 Å². The first-order valence-electron chi connectivity index (χ1n) is 4.81. The Morgan fingerprint density at radius 1 is 1.53 bits per heavy atom. The molecule has 0 saturated heterocycles. The second-order valence-corrected chi connectivity index (χ2v) is 5.85. The SMILES string of the molecule is C#CCN(C)S(=O)(=O)c1cc(CN)ccc1Cl. The summed E-state index contributed by atoms with van der Waals surface area (Å²) in [6, 6.07) is 4.66. The Kier molecular flexibility index (Phi) is 4.54. The third kappa shape index (κ3) is 2.99. The molecule has 1 aromatic carbocycles. The summed E-state index contributed by atoms with van der Waals surface area (Å²) < 4.78 is 25.3. The summed E-state index contributed by atoms with van der Waals surface area (Å²) in [7, 11) is -2.26. The van der Waals surface area contributed by atoms with E-state index in [4.69, 9.17) is 23.8 Å². The van der Waals surface area contributed by atoms with Crippen molar-refractivity contribution in [2.45, 2.75) is 11.4 Å². The van der Waals surface area contributed by atoms with Crippen LogP contribution in [0.3, 0.4) is 0 Å². The van der Waals surface area contributed by atoms with E-state index in [1.54, 1.807) is 6.07 Å². The molecule has 0 atom stereocenters. The lowest BCUT2D eigenvalue weighted by Crippen LogP contribution is -2.27. The summed E-state index contributed by atoms with van der Waals surface area (Å²) in [5, 5.41) is 0.158. The van der Waals surface area contributed by atoms with E-state index in [2.05, 4.69) is 5.92 Å². The van der Waals surface area contributed by atoms with E-state index in [9.17, 15) is 8.42 Å². The van der Waals surface area contributed by atoms with E-state index >= 15 is 0 Å². The van der Waals surface area contributed by atoms with Gasteiger partial charge in [-0.15, -0.1) is 6.42 Å². The standard InChI is InChI=1S/C11H13ClN2O2S/c1-3-6-14(2)17(15,16)11-7-9(8-13)4-5-10(11)12/h1,4-5,7H,6,8,13H2,2H3. The van der Waals surface area contributed by atoms with Gasteiger partial charge in [-0.2, -0.15) is 4.31 Å². The van der Waals surface area contributed by atoms with E-state index in [1.165, 1.54) is 19.2 Å². The van der Waals surface area contributed by atoms with Crippen molar-refractivity contribution in [3.05, 3.63) is 28.8 Å². The van der Waals surface area contributed by atoms with Crippen LogP contribution < -0.4 is 5.73 Å². The molecule has 4 nitrogen and oxygen atoms in total. The van der Waals surface area contributed by atoms with Crippen molar-refractivity contribution in [2.24, 2.45) is 5.73 Å². The van der Waals surface area contributed by atoms with E-state index in [1.807, 2.05) is 0 Å². The largest absolute Gasteiger partial charge is 0.326 e. The molecule has 2 N–H and O–H groups in total. The highest BCUT2D eigenvalue weighted by molar-refractivity contribution is 7.89. The van der Waals surface area contributed by atoms with Crippen LogP contribution in [0.2, 0.25) is 5.02 Å². The van der Waals surface area contributed by atoms with Crippen LogP contribution in [0.5, 0.6) is 0 Å². The fourth-order valence-electron chi connectivity index (χ4n) is 1.25. The summed E-state index contributed by atoms with van der Waals surface area (Å²) in [5.41, 5.74) is 6.16. The van der Waals surface area contributed by atoms with Gasteiger partial charge in [0.05, 0.1) is 11.6 Å². The number of benzene rings is 1. The van der Waals surface area contributed by atoms with Crippen LogP contribution in [-0.2, 0) is 16.6 Å². The Bertz CT molecular complexity index is 549. The number of nitrogens with zero attached hydrogens (tertiary/aromatic N) is 1. The molecule has 0 aliphatic rings. The predicted molar refractivity (Wildman–Crippen MR) is 68.0 cm³/mol. The maximum absolute atomic E-state index is 12.1. The van der Waals surface area contributed by atoms with Crippen molar-refractivity contribution in [3.63, 3.8) is 0 Å². The van der Waals surface area contributed by atoms with Crippen molar-refractivity contribution in [3.8, 4) is 12.3 Å². The van der Waals surface area contributed by atoms with Crippen molar-refractivity contribution in [2.75, 3.05) is 13.6 Å². The Labute approximate surface area is 106 Å². The molecule has 6 heteroatoms. The van der Waals surface area contributed by atoms with Gasteiger partial charge < -0.3 is 5.73 Å². The Morgan fingerprint density at radius 3 is 2.71 bits per heavy atom. The van der Waals surface area contributed by atoms with E-state index in [0.717, 1.165) is 4.31 Å². The number of hydrogen-bond acceptors (Lipinski definition) is 3. The first-order chi connectivity index (χ1) is 7.93. The quantitative estimate of drug-likeness (QED) is 0.834. The van der Waals surface area contributed by atoms with Gasteiger partial charge >= 0.3 is 0 Å². The monoisotopic (exact) mass is 272 g/mol. The van der Waals surface area contributed by atoms with Crippen molar-refractivity contribution < 1.29 is 8.42 Å². The fraction of sp³-hybridized carbons (Fsp3) is 0.273. The first kappa shape index (κ1) is 14.0. The minimum atomic E-state index is -3.66. The Balaban J connectivity index is 3.28. The molecule has 0 spiro atoms. The molecule has 0 amide bonds. The lowest BCUT2D eigenvalue weighted by atomic mass is 10.2. The first-order valence-corrected chi connectivity index (χ1v) is 6.63. The minimum absolute atomic E-state index is 0.00842. The number of terminal acetylenes is 1. The van der Waals surface area contributed by atoms with Gasteiger partial charge in [0.1, 0.15) is 4.90 Å². The van der Waals surface area contributed by atoms with E-state index < -0.39 is 10.0 Å². The summed E-state index contributed by atoms with van der Waals surface area (Å²) in [6.45, 7) is 0.240. The molecule has 0 bridgehead atoms. The number of sulfonamides is 1. The molecule has 0 aliphatic carbocycles. The highest BCUT2D eigenvalue weighted by Gasteiger charge is 2.23. The van der Waals surface area contributed by atoms with Gasteiger partial charge in [-0.1, -0.05) is 23.6 Å². The fourth-order valence-corrected chi connectivity index (χ4v) is 2.86.